The molecule has 0 bridgehead atoms. The Morgan fingerprint density at radius 2 is 1.64 bits per heavy atom. The fourth-order valence-corrected chi connectivity index (χ4v) is 1.91. The van der Waals surface area contributed by atoms with E-state index in [0.29, 0.717) is 5.82 Å². The van der Waals surface area contributed by atoms with Crippen molar-refractivity contribution >= 4 is 11.7 Å². The predicted octanol–water partition coefficient (Wildman–Crippen LogP) is 2.96. The normalized spacial score (nSPS) is 13.7. The van der Waals surface area contributed by atoms with Crippen LogP contribution in [0, 0.1) is 0 Å². The number of rotatable bonds is 3. The lowest BCUT2D eigenvalue weighted by atomic mass is 9.90. The smallest absolute Gasteiger partial charge is 0.244 e. The van der Waals surface area contributed by atoms with Gasteiger partial charge in [-0.25, -0.2) is 9.97 Å². The van der Waals surface area contributed by atoms with Crippen molar-refractivity contribution in [1.82, 2.24) is 14.9 Å². The number of likely N-dealkylation sites (N-methyl/N-ethyl adjacent to an activating group) is 1. The zero-order valence-corrected chi connectivity index (χ0v) is 15.4. The van der Waals surface area contributed by atoms with E-state index in [1.165, 1.54) is 0 Å². The number of aromatic nitrogens is 2. The highest BCUT2D eigenvalue weighted by Gasteiger charge is 2.24. The standard InChI is InChI=1S/C17H30N4O/c1-11(14(22)21(8)9)18-13-10-12(16(2,3)4)19-15(20-13)17(5,6)7/h10-11H,1-9H3,(H,18,19,20)/t11-/m0/s1. The van der Waals surface area contributed by atoms with Crippen molar-refractivity contribution in [1.29, 1.82) is 0 Å². The first-order chi connectivity index (χ1) is 9.82. The minimum Gasteiger partial charge on any atom is -0.359 e. The van der Waals surface area contributed by atoms with E-state index >= 15 is 0 Å². The van der Waals surface area contributed by atoms with E-state index in [4.69, 9.17) is 4.98 Å². The van der Waals surface area contributed by atoms with Crippen LogP contribution in [0.1, 0.15) is 60.0 Å². The van der Waals surface area contributed by atoms with Crippen molar-refractivity contribution in [2.45, 2.75) is 65.3 Å². The Kier molecular flexibility index (Phi) is 5.21. The van der Waals surface area contributed by atoms with Gasteiger partial charge in [0.15, 0.2) is 0 Å². The van der Waals surface area contributed by atoms with Gasteiger partial charge in [-0.2, -0.15) is 0 Å². The van der Waals surface area contributed by atoms with Gasteiger partial charge in [0.1, 0.15) is 17.7 Å². The van der Waals surface area contributed by atoms with Crippen molar-refractivity contribution in [2.75, 3.05) is 19.4 Å². The molecule has 0 saturated heterocycles. The fourth-order valence-electron chi connectivity index (χ4n) is 1.91. The zero-order valence-electron chi connectivity index (χ0n) is 15.4. The first kappa shape index (κ1) is 18.4. The molecule has 0 aliphatic heterocycles. The van der Waals surface area contributed by atoms with Crippen LogP contribution in [-0.4, -0.2) is 40.9 Å². The van der Waals surface area contributed by atoms with Gasteiger partial charge in [0.05, 0.1) is 5.69 Å². The molecule has 0 aliphatic carbocycles. The molecule has 1 atom stereocenters. The summed E-state index contributed by atoms with van der Waals surface area (Å²) in [6, 6.07) is 1.61. The highest BCUT2D eigenvalue weighted by Crippen LogP contribution is 2.26. The maximum Gasteiger partial charge on any atom is 0.244 e. The molecule has 0 radical (unpaired) electrons. The van der Waals surface area contributed by atoms with E-state index in [0.717, 1.165) is 11.5 Å². The van der Waals surface area contributed by atoms with Crippen molar-refractivity contribution in [3.05, 3.63) is 17.6 Å². The summed E-state index contributed by atoms with van der Waals surface area (Å²) in [6.45, 7) is 14.5. The van der Waals surface area contributed by atoms with Crippen LogP contribution < -0.4 is 5.32 Å². The summed E-state index contributed by atoms with van der Waals surface area (Å²) in [4.78, 5) is 22.9. The van der Waals surface area contributed by atoms with Gasteiger partial charge in [-0.05, 0) is 6.92 Å². The van der Waals surface area contributed by atoms with Crippen LogP contribution in [-0.2, 0) is 15.6 Å². The topological polar surface area (TPSA) is 58.1 Å². The Labute approximate surface area is 134 Å². The fraction of sp³-hybridized carbons (Fsp3) is 0.706. The Balaban J connectivity index is 3.22. The summed E-state index contributed by atoms with van der Waals surface area (Å²) in [7, 11) is 3.50. The van der Waals surface area contributed by atoms with E-state index in [1.807, 2.05) is 13.0 Å². The third kappa shape index (κ3) is 4.68. The summed E-state index contributed by atoms with van der Waals surface area (Å²) in [5.41, 5.74) is 0.750. The molecule has 0 aliphatic rings. The summed E-state index contributed by atoms with van der Waals surface area (Å²) in [6.07, 6.45) is 0. The quantitative estimate of drug-likeness (QED) is 0.933. The van der Waals surface area contributed by atoms with Gasteiger partial charge >= 0.3 is 0 Å². The minimum atomic E-state index is -0.328. The van der Waals surface area contributed by atoms with Gasteiger partial charge in [0, 0.05) is 31.0 Å². The van der Waals surface area contributed by atoms with Gasteiger partial charge in [0.2, 0.25) is 5.91 Å². The molecular formula is C17H30N4O. The Bertz CT molecular complexity index is 506. The van der Waals surface area contributed by atoms with Crippen LogP contribution in [0.4, 0.5) is 5.82 Å². The third-order valence-electron chi connectivity index (χ3n) is 3.34. The molecule has 0 saturated carbocycles. The molecule has 1 rings (SSSR count). The molecule has 1 heterocycles. The lowest BCUT2D eigenvalue weighted by molar-refractivity contribution is -0.129. The molecular weight excluding hydrogens is 276 g/mol. The number of hydrogen-bond donors (Lipinski definition) is 1. The van der Waals surface area contributed by atoms with Gasteiger partial charge in [-0.3, -0.25) is 4.79 Å². The number of carbonyl (C=O) groups is 1. The maximum atomic E-state index is 12.0. The van der Waals surface area contributed by atoms with Gasteiger partial charge in [0.25, 0.3) is 0 Å². The summed E-state index contributed by atoms with van der Waals surface area (Å²) in [5, 5.41) is 3.21. The first-order valence-corrected chi connectivity index (χ1v) is 7.70. The molecule has 124 valence electrons. The summed E-state index contributed by atoms with van der Waals surface area (Å²) < 4.78 is 0. The number of nitrogens with zero attached hydrogens (tertiary/aromatic N) is 3. The Morgan fingerprint density at radius 3 is 2.05 bits per heavy atom. The number of nitrogens with one attached hydrogen (secondary N) is 1. The summed E-state index contributed by atoms with van der Waals surface area (Å²) in [5.74, 6) is 1.51. The average molecular weight is 306 g/mol. The molecule has 1 N–H and O–H groups in total. The van der Waals surface area contributed by atoms with E-state index in [2.05, 4.69) is 51.8 Å². The molecule has 22 heavy (non-hydrogen) atoms. The highest BCUT2D eigenvalue weighted by molar-refractivity contribution is 5.83. The minimum absolute atomic E-state index is 0.0215. The van der Waals surface area contributed by atoms with Crippen molar-refractivity contribution in [2.24, 2.45) is 0 Å². The van der Waals surface area contributed by atoms with Crippen LogP contribution in [0.3, 0.4) is 0 Å². The lowest BCUT2D eigenvalue weighted by Crippen LogP contribution is -2.37. The maximum absolute atomic E-state index is 12.0. The van der Waals surface area contributed by atoms with Crippen LogP contribution in [0.5, 0.6) is 0 Å². The second-order valence-corrected chi connectivity index (χ2v) is 8.06. The molecule has 1 aromatic heterocycles. The number of anilines is 1. The summed E-state index contributed by atoms with van der Waals surface area (Å²) >= 11 is 0. The van der Waals surface area contributed by atoms with Crippen molar-refractivity contribution in [3.8, 4) is 0 Å². The predicted molar refractivity (Wildman–Crippen MR) is 91.2 cm³/mol. The molecule has 5 heteroatoms. The van der Waals surface area contributed by atoms with Crippen molar-refractivity contribution < 1.29 is 4.79 Å². The van der Waals surface area contributed by atoms with Crippen LogP contribution in [0.15, 0.2) is 6.07 Å². The average Bonchev–Trinajstić information content (AvgIpc) is 2.35. The van der Waals surface area contributed by atoms with Gasteiger partial charge < -0.3 is 10.2 Å². The largest absolute Gasteiger partial charge is 0.359 e. The SMILES string of the molecule is C[C@H](Nc1cc(C(C)(C)C)nc(C(C)(C)C)n1)C(=O)N(C)C. The molecule has 1 amide bonds. The first-order valence-electron chi connectivity index (χ1n) is 7.70. The van der Waals surface area contributed by atoms with Crippen LogP contribution >= 0.6 is 0 Å². The number of amides is 1. The van der Waals surface area contributed by atoms with Crippen molar-refractivity contribution in [3.63, 3.8) is 0 Å². The van der Waals surface area contributed by atoms with Gasteiger partial charge in [-0.15, -0.1) is 0 Å². The van der Waals surface area contributed by atoms with Crippen LogP contribution in [0.2, 0.25) is 0 Å². The Morgan fingerprint density at radius 1 is 1.09 bits per heavy atom. The van der Waals surface area contributed by atoms with E-state index < -0.39 is 0 Å². The molecule has 0 aromatic carbocycles. The lowest BCUT2D eigenvalue weighted by Gasteiger charge is -2.25. The Hall–Kier alpha value is -1.65. The van der Waals surface area contributed by atoms with Gasteiger partial charge in [-0.1, -0.05) is 41.5 Å². The van der Waals surface area contributed by atoms with E-state index in [9.17, 15) is 4.79 Å². The third-order valence-corrected chi connectivity index (χ3v) is 3.34. The molecule has 0 spiro atoms. The highest BCUT2D eigenvalue weighted by atomic mass is 16.2. The molecule has 0 fully saturated rings. The van der Waals surface area contributed by atoms with E-state index in [-0.39, 0.29) is 22.8 Å². The van der Waals surface area contributed by atoms with Crippen LogP contribution in [0.25, 0.3) is 0 Å². The molecule has 0 unspecified atom stereocenters. The van der Waals surface area contributed by atoms with E-state index in [1.54, 1.807) is 19.0 Å². The molecule has 5 nitrogen and oxygen atoms in total. The monoisotopic (exact) mass is 306 g/mol. The number of hydrogen-bond acceptors (Lipinski definition) is 4. The second-order valence-electron chi connectivity index (χ2n) is 8.06. The zero-order chi connectivity index (χ0) is 17.3. The molecule has 1 aromatic rings. The second kappa shape index (κ2) is 6.23. The number of carbonyl (C=O) groups excluding carboxylic acids is 1.